The maximum atomic E-state index is 13.3. The number of esters is 1. The molecule has 2 aliphatic carbocycles. The fourth-order valence-electron chi connectivity index (χ4n) is 5.09. The van der Waals surface area contributed by atoms with Crippen LogP contribution in [0.2, 0.25) is 0 Å². The molecule has 6 nitrogen and oxygen atoms in total. The number of hydrogen-bond donors (Lipinski definition) is 4. The average molecular weight is 460 g/mol. The molecule has 0 spiro atoms. The van der Waals surface area contributed by atoms with Crippen LogP contribution in [0.1, 0.15) is 57.8 Å². The van der Waals surface area contributed by atoms with E-state index >= 15 is 0 Å². The van der Waals surface area contributed by atoms with Gasteiger partial charge in [-0.1, -0.05) is 32.1 Å². The van der Waals surface area contributed by atoms with E-state index in [4.69, 9.17) is 10.5 Å². The minimum Gasteiger partial charge on any atom is -0.467 e. The summed E-state index contributed by atoms with van der Waals surface area (Å²) in [6.07, 6.45) is 11.7. The van der Waals surface area contributed by atoms with E-state index in [0.717, 1.165) is 31.6 Å². The van der Waals surface area contributed by atoms with Crippen LogP contribution in [0.5, 0.6) is 0 Å². The molecule has 0 saturated heterocycles. The van der Waals surface area contributed by atoms with Gasteiger partial charge in [0.05, 0.1) is 7.11 Å². The van der Waals surface area contributed by atoms with E-state index in [1.54, 1.807) is 11.8 Å². The Morgan fingerprint density at radius 2 is 1.93 bits per heavy atom. The lowest BCUT2D eigenvalue weighted by Crippen LogP contribution is -2.51. The standard InChI is InChI=1S/C22H41N3O3S2/c1-28-22(27)20(10-11-30-2)25-21(26)18-9-8-17(24-13-16(23)14-29)12-19(18)15-6-4-3-5-7-15/h15-20,24,29H,3-14,23H2,1-2H3,(H,25,26). The number of thiol groups is 1. The largest absolute Gasteiger partial charge is 0.467 e. The van der Waals surface area contributed by atoms with Crippen molar-refractivity contribution in [2.75, 3.05) is 31.4 Å². The zero-order chi connectivity index (χ0) is 21.9. The van der Waals surface area contributed by atoms with Crippen molar-refractivity contribution in [2.45, 2.75) is 75.9 Å². The summed E-state index contributed by atoms with van der Waals surface area (Å²) in [6, 6.07) is -0.0919. The van der Waals surface area contributed by atoms with Gasteiger partial charge < -0.3 is 21.1 Å². The van der Waals surface area contributed by atoms with Crippen LogP contribution in [0.15, 0.2) is 0 Å². The van der Waals surface area contributed by atoms with Gasteiger partial charge in [0.1, 0.15) is 6.04 Å². The zero-order valence-electron chi connectivity index (χ0n) is 18.6. The van der Waals surface area contributed by atoms with Gasteiger partial charge in [-0.15, -0.1) is 0 Å². The fraction of sp³-hybridized carbons (Fsp3) is 0.909. The molecular weight excluding hydrogens is 418 g/mol. The molecule has 1 amide bonds. The van der Waals surface area contributed by atoms with Crippen molar-refractivity contribution in [1.29, 1.82) is 0 Å². The molecule has 30 heavy (non-hydrogen) atoms. The summed E-state index contributed by atoms with van der Waals surface area (Å²) in [6.45, 7) is 0.765. The predicted octanol–water partition coefficient (Wildman–Crippen LogP) is 2.61. The van der Waals surface area contributed by atoms with E-state index < -0.39 is 6.04 Å². The van der Waals surface area contributed by atoms with E-state index in [0.29, 0.717) is 30.1 Å². The van der Waals surface area contributed by atoms with Gasteiger partial charge in [0.25, 0.3) is 0 Å². The molecular formula is C22H41N3O3S2. The Kier molecular flexibility index (Phi) is 11.9. The molecule has 0 aromatic heterocycles. The molecule has 5 atom stereocenters. The Bertz CT molecular complexity index is 532. The Labute approximate surface area is 192 Å². The maximum Gasteiger partial charge on any atom is 0.328 e. The Morgan fingerprint density at radius 1 is 1.20 bits per heavy atom. The Balaban J connectivity index is 2.05. The number of carbonyl (C=O) groups excluding carboxylic acids is 2. The van der Waals surface area contributed by atoms with Gasteiger partial charge in [-0.2, -0.15) is 24.4 Å². The molecule has 2 fully saturated rings. The second kappa shape index (κ2) is 13.9. The van der Waals surface area contributed by atoms with Crippen molar-refractivity contribution < 1.29 is 14.3 Å². The van der Waals surface area contributed by atoms with Crippen molar-refractivity contribution in [3.8, 4) is 0 Å². The highest BCUT2D eigenvalue weighted by Crippen LogP contribution is 2.42. The smallest absolute Gasteiger partial charge is 0.328 e. The zero-order valence-corrected chi connectivity index (χ0v) is 20.3. The number of thioether (sulfide) groups is 1. The number of amides is 1. The first-order valence-electron chi connectivity index (χ1n) is 11.5. The first kappa shape index (κ1) is 25.8. The maximum absolute atomic E-state index is 13.3. The lowest BCUT2D eigenvalue weighted by Gasteiger charge is -2.42. The van der Waals surface area contributed by atoms with Crippen molar-refractivity contribution in [1.82, 2.24) is 10.6 Å². The Morgan fingerprint density at radius 3 is 2.57 bits per heavy atom. The molecule has 8 heteroatoms. The molecule has 2 aliphatic rings. The highest BCUT2D eigenvalue weighted by molar-refractivity contribution is 7.98. The van der Waals surface area contributed by atoms with Crippen molar-refractivity contribution in [3.63, 3.8) is 0 Å². The van der Waals surface area contributed by atoms with E-state index in [1.807, 2.05) is 6.26 Å². The average Bonchev–Trinajstić information content (AvgIpc) is 2.79. The lowest BCUT2D eigenvalue weighted by atomic mass is 9.66. The molecule has 0 bridgehead atoms. The van der Waals surface area contributed by atoms with Crippen molar-refractivity contribution in [3.05, 3.63) is 0 Å². The molecule has 5 unspecified atom stereocenters. The van der Waals surface area contributed by atoms with Crippen LogP contribution in [0, 0.1) is 17.8 Å². The third-order valence-electron chi connectivity index (χ3n) is 6.81. The number of nitrogens with one attached hydrogen (secondary N) is 2. The van der Waals surface area contributed by atoms with Crippen LogP contribution in [-0.4, -0.2) is 61.4 Å². The molecule has 0 heterocycles. The fourth-order valence-corrected chi connectivity index (χ4v) is 5.69. The molecule has 0 aromatic carbocycles. The second-order valence-electron chi connectivity index (χ2n) is 8.90. The number of ether oxygens (including phenoxy) is 1. The molecule has 174 valence electrons. The normalized spacial score (nSPS) is 27.3. The van der Waals surface area contributed by atoms with Gasteiger partial charge in [-0.3, -0.25) is 4.79 Å². The summed E-state index contributed by atoms with van der Waals surface area (Å²) >= 11 is 5.95. The minimum absolute atomic E-state index is 0.0221. The number of carbonyl (C=O) groups is 2. The van der Waals surface area contributed by atoms with Crippen LogP contribution in [0.25, 0.3) is 0 Å². The van der Waals surface area contributed by atoms with Gasteiger partial charge in [0.15, 0.2) is 0 Å². The van der Waals surface area contributed by atoms with Crippen LogP contribution in [0.4, 0.5) is 0 Å². The predicted molar refractivity (Wildman–Crippen MR) is 128 cm³/mol. The molecule has 0 aromatic rings. The number of rotatable bonds is 11. The van der Waals surface area contributed by atoms with Gasteiger partial charge in [-0.25, -0.2) is 4.79 Å². The van der Waals surface area contributed by atoms with E-state index in [9.17, 15) is 9.59 Å². The van der Waals surface area contributed by atoms with Gasteiger partial charge in [0.2, 0.25) is 5.91 Å². The second-order valence-corrected chi connectivity index (χ2v) is 10.2. The Hall–Kier alpha value is -0.440. The van der Waals surface area contributed by atoms with Gasteiger partial charge in [0, 0.05) is 30.3 Å². The van der Waals surface area contributed by atoms with Crippen molar-refractivity contribution >= 4 is 36.3 Å². The van der Waals surface area contributed by atoms with Crippen LogP contribution < -0.4 is 16.4 Å². The van der Waals surface area contributed by atoms with Crippen LogP contribution in [-0.2, 0) is 14.3 Å². The summed E-state index contributed by atoms with van der Waals surface area (Å²) < 4.78 is 4.93. The third kappa shape index (κ3) is 7.92. The topological polar surface area (TPSA) is 93.4 Å². The van der Waals surface area contributed by atoms with E-state index in [2.05, 4.69) is 23.3 Å². The highest BCUT2D eigenvalue weighted by Gasteiger charge is 2.40. The van der Waals surface area contributed by atoms with E-state index in [1.165, 1.54) is 39.2 Å². The first-order chi connectivity index (χ1) is 14.5. The molecule has 0 aliphatic heterocycles. The summed E-state index contributed by atoms with van der Waals surface area (Å²) in [5.41, 5.74) is 6.03. The summed E-state index contributed by atoms with van der Waals surface area (Å²) in [4.78, 5) is 25.5. The molecule has 2 rings (SSSR count). The molecule has 0 radical (unpaired) electrons. The van der Waals surface area contributed by atoms with Gasteiger partial charge >= 0.3 is 5.97 Å². The van der Waals surface area contributed by atoms with Gasteiger partial charge in [-0.05, 0) is 49.5 Å². The highest BCUT2D eigenvalue weighted by atomic mass is 32.2. The summed E-state index contributed by atoms with van der Waals surface area (Å²) in [5, 5.41) is 6.65. The monoisotopic (exact) mass is 459 g/mol. The molecule has 2 saturated carbocycles. The SMILES string of the molecule is COC(=O)C(CCSC)NC(=O)C1CCC(NCC(N)CS)CC1C1CCCCC1. The summed E-state index contributed by atoms with van der Waals surface area (Å²) in [5.74, 6) is 2.11. The van der Waals surface area contributed by atoms with Crippen molar-refractivity contribution in [2.24, 2.45) is 23.5 Å². The number of hydrogen-bond acceptors (Lipinski definition) is 7. The lowest BCUT2D eigenvalue weighted by molar-refractivity contribution is -0.146. The molecule has 4 N–H and O–H groups in total. The quantitative estimate of drug-likeness (QED) is 0.280. The first-order valence-corrected chi connectivity index (χ1v) is 13.5. The number of nitrogens with two attached hydrogens (primary N) is 1. The van der Waals surface area contributed by atoms with Crippen LogP contribution in [0.3, 0.4) is 0 Å². The van der Waals surface area contributed by atoms with Crippen LogP contribution >= 0.6 is 24.4 Å². The number of methoxy groups -OCH3 is 1. The summed E-state index contributed by atoms with van der Waals surface area (Å²) in [7, 11) is 1.39. The van der Waals surface area contributed by atoms with E-state index in [-0.39, 0.29) is 23.8 Å². The minimum atomic E-state index is -0.550. The third-order valence-corrected chi connectivity index (χ3v) is 7.92.